The second-order valence-electron chi connectivity index (χ2n) is 4.92. The first-order valence-electron chi connectivity index (χ1n) is 6.05. The maximum atomic E-state index is 12.0. The van der Waals surface area contributed by atoms with Crippen LogP contribution in [0.15, 0.2) is 0 Å². The van der Waals surface area contributed by atoms with Gasteiger partial charge in [-0.1, -0.05) is 6.92 Å². The van der Waals surface area contributed by atoms with Gasteiger partial charge in [0.25, 0.3) is 0 Å². The van der Waals surface area contributed by atoms with Gasteiger partial charge >= 0.3 is 0 Å². The number of nitrogens with zero attached hydrogens (tertiary/aromatic N) is 1. The summed E-state index contributed by atoms with van der Waals surface area (Å²) in [6.07, 6.45) is 2.38. The minimum Gasteiger partial charge on any atom is -0.305 e. The molecule has 0 aliphatic carbocycles. The van der Waals surface area contributed by atoms with Crippen molar-refractivity contribution in [2.24, 2.45) is 5.92 Å². The van der Waals surface area contributed by atoms with Crippen LogP contribution in [0.1, 0.15) is 27.2 Å². The number of likely N-dealkylation sites (tertiary alicyclic amines) is 1. The van der Waals surface area contributed by atoms with E-state index in [1.54, 1.807) is 11.8 Å². The Morgan fingerprint density at radius 2 is 2.06 bits per heavy atom. The Kier molecular flexibility index (Phi) is 5.46. The van der Waals surface area contributed by atoms with E-state index in [0.717, 1.165) is 12.3 Å². The number of thioether (sulfide) groups is 1. The van der Waals surface area contributed by atoms with Gasteiger partial charge in [-0.3, -0.25) is 14.5 Å². The maximum absolute atomic E-state index is 12.0. The van der Waals surface area contributed by atoms with E-state index in [9.17, 15) is 9.59 Å². The molecule has 1 rings (SSSR count). The van der Waals surface area contributed by atoms with Gasteiger partial charge in [-0.15, -0.1) is 0 Å². The first kappa shape index (κ1) is 14.5. The average molecular weight is 258 g/mol. The predicted octanol–water partition coefficient (Wildman–Crippen LogP) is 1.11. The number of nitrogens with one attached hydrogen (secondary N) is 1. The summed E-state index contributed by atoms with van der Waals surface area (Å²) in [5.41, 5.74) is 0. The van der Waals surface area contributed by atoms with Crippen molar-refractivity contribution in [2.75, 3.05) is 18.6 Å². The highest BCUT2D eigenvalue weighted by Gasteiger charge is 2.39. The molecule has 5 heteroatoms. The molecule has 0 spiro atoms. The summed E-state index contributed by atoms with van der Waals surface area (Å²) in [6, 6.07) is -0.348. The first-order chi connectivity index (χ1) is 7.97. The van der Waals surface area contributed by atoms with E-state index in [0.29, 0.717) is 12.3 Å². The minimum atomic E-state index is -0.311. The van der Waals surface area contributed by atoms with Gasteiger partial charge in [-0.05, 0) is 38.3 Å². The number of rotatable bonds is 6. The lowest BCUT2D eigenvalue weighted by Crippen LogP contribution is -2.43. The van der Waals surface area contributed by atoms with Crippen LogP contribution in [-0.4, -0.2) is 47.4 Å². The van der Waals surface area contributed by atoms with Gasteiger partial charge < -0.3 is 5.32 Å². The summed E-state index contributed by atoms with van der Waals surface area (Å²) in [5, 5.41) is 3.21. The molecular weight excluding hydrogens is 236 g/mol. The highest BCUT2D eigenvalue weighted by Crippen LogP contribution is 2.16. The molecule has 17 heavy (non-hydrogen) atoms. The number of amides is 2. The average Bonchev–Trinajstić information content (AvgIpc) is 2.51. The summed E-state index contributed by atoms with van der Waals surface area (Å²) in [4.78, 5) is 25.0. The lowest BCUT2D eigenvalue weighted by atomic mass is 10.2. The summed E-state index contributed by atoms with van der Waals surface area (Å²) in [6.45, 7) is 6.67. The molecule has 98 valence electrons. The number of hydrogen-bond donors (Lipinski definition) is 1. The molecule has 2 unspecified atom stereocenters. The second-order valence-corrected chi connectivity index (χ2v) is 5.83. The summed E-state index contributed by atoms with van der Waals surface area (Å²) >= 11 is 1.80. The van der Waals surface area contributed by atoms with Crippen molar-refractivity contribution in [3.63, 3.8) is 0 Å². The zero-order valence-electron chi connectivity index (χ0n) is 11.0. The Labute approximate surface area is 108 Å². The molecule has 1 aliphatic heterocycles. The van der Waals surface area contributed by atoms with Crippen molar-refractivity contribution < 1.29 is 9.59 Å². The van der Waals surface area contributed by atoms with Crippen LogP contribution in [0.25, 0.3) is 0 Å². The topological polar surface area (TPSA) is 49.4 Å². The Morgan fingerprint density at radius 3 is 2.53 bits per heavy atom. The molecule has 0 saturated carbocycles. The van der Waals surface area contributed by atoms with Crippen molar-refractivity contribution in [3.8, 4) is 0 Å². The van der Waals surface area contributed by atoms with Crippen LogP contribution in [0.5, 0.6) is 0 Å². The van der Waals surface area contributed by atoms with Crippen LogP contribution in [0.2, 0.25) is 0 Å². The largest absolute Gasteiger partial charge is 0.305 e. The zero-order chi connectivity index (χ0) is 13.0. The molecule has 0 aromatic rings. The molecule has 1 heterocycles. The van der Waals surface area contributed by atoms with E-state index in [4.69, 9.17) is 0 Å². The van der Waals surface area contributed by atoms with E-state index in [1.807, 2.05) is 13.8 Å². The van der Waals surface area contributed by atoms with Gasteiger partial charge in [0.1, 0.15) is 0 Å². The molecule has 0 aromatic carbocycles. The van der Waals surface area contributed by atoms with Gasteiger partial charge in [0.15, 0.2) is 0 Å². The first-order valence-corrected chi connectivity index (χ1v) is 7.45. The lowest BCUT2D eigenvalue weighted by Gasteiger charge is -2.20. The van der Waals surface area contributed by atoms with E-state index in [-0.39, 0.29) is 23.9 Å². The van der Waals surface area contributed by atoms with Crippen molar-refractivity contribution in [1.29, 1.82) is 0 Å². The quantitative estimate of drug-likeness (QED) is 0.725. The van der Waals surface area contributed by atoms with Gasteiger partial charge in [-0.25, -0.2) is 0 Å². The molecule has 1 fully saturated rings. The van der Waals surface area contributed by atoms with Crippen LogP contribution in [-0.2, 0) is 9.59 Å². The number of imide groups is 1. The third-order valence-corrected chi connectivity index (χ3v) is 3.77. The smallest absolute Gasteiger partial charge is 0.247 e. The number of hydrogen-bond acceptors (Lipinski definition) is 4. The normalized spacial score (nSPS) is 22.6. The molecule has 0 bridgehead atoms. The van der Waals surface area contributed by atoms with Gasteiger partial charge in [-0.2, -0.15) is 11.8 Å². The Morgan fingerprint density at radius 1 is 1.41 bits per heavy atom. The molecule has 4 nitrogen and oxygen atoms in total. The van der Waals surface area contributed by atoms with Crippen molar-refractivity contribution >= 4 is 23.6 Å². The Balaban J connectivity index is 2.47. The molecular formula is C12H22N2O2S. The molecule has 0 aromatic heterocycles. The van der Waals surface area contributed by atoms with Crippen molar-refractivity contribution in [3.05, 3.63) is 0 Å². The lowest BCUT2D eigenvalue weighted by molar-refractivity contribution is -0.140. The van der Waals surface area contributed by atoms with Crippen molar-refractivity contribution in [2.45, 2.75) is 39.3 Å². The predicted molar refractivity (Wildman–Crippen MR) is 70.9 cm³/mol. The highest BCUT2D eigenvalue weighted by atomic mass is 32.2. The summed E-state index contributed by atoms with van der Waals surface area (Å²) in [5.74, 6) is 1.46. The SMILES string of the molecule is CSCC(C)CNC1CC(=O)N(C(C)C)C1=O. The van der Waals surface area contributed by atoms with Gasteiger partial charge in [0.05, 0.1) is 12.5 Å². The van der Waals surface area contributed by atoms with Gasteiger partial charge in [0.2, 0.25) is 11.8 Å². The van der Waals surface area contributed by atoms with Crippen molar-refractivity contribution in [1.82, 2.24) is 10.2 Å². The van der Waals surface area contributed by atoms with Gasteiger partial charge in [0, 0.05) is 6.04 Å². The van der Waals surface area contributed by atoms with E-state index in [1.165, 1.54) is 4.90 Å². The number of carbonyl (C=O) groups is 2. The molecule has 1 saturated heterocycles. The fourth-order valence-electron chi connectivity index (χ4n) is 2.04. The fraction of sp³-hybridized carbons (Fsp3) is 0.833. The van der Waals surface area contributed by atoms with Crippen LogP contribution in [0.3, 0.4) is 0 Å². The minimum absolute atomic E-state index is 0.0366. The number of carbonyl (C=O) groups excluding carboxylic acids is 2. The summed E-state index contributed by atoms with van der Waals surface area (Å²) in [7, 11) is 0. The molecule has 2 amide bonds. The highest BCUT2D eigenvalue weighted by molar-refractivity contribution is 7.98. The Bertz CT molecular complexity index is 294. The van der Waals surface area contributed by atoms with E-state index >= 15 is 0 Å². The van der Waals surface area contributed by atoms with Crippen LogP contribution in [0.4, 0.5) is 0 Å². The maximum Gasteiger partial charge on any atom is 0.247 e. The van der Waals surface area contributed by atoms with Crippen LogP contribution < -0.4 is 5.32 Å². The van der Waals surface area contributed by atoms with Crippen LogP contribution >= 0.6 is 11.8 Å². The standard InChI is InChI=1S/C12H22N2O2S/c1-8(2)14-11(15)5-10(12(14)16)13-6-9(3)7-17-4/h8-10,13H,5-7H2,1-4H3. The third-order valence-electron chi connectivity index (χ3n) is 2.86. The summed E-state index contributed by atoms with van der Waals surface area (Å²) < 4.78 is 0. The molecule has 2 atom stereocenters. The third kappa shape index (κ3) is 3.71. The Hall–Kier alpha value is -0.550. The molecule has 1 N–H and O–H groups in total. The van der Waals surface area contributed by atoms with Crippen LogP contribution in [0, 0.1) is 5.92 Å². The molecule has 0 radical (unpaired) electrons. The monoisotopic (exact) mass is 258 g/mol. The van der Waals surface area contributed by atoms with E-state index in [2.05, 4.69) is 18.5 Å². The zero-order valence-corrected chi connectivity index (χ0v) is 11.8. The second kappa shape index (κ2) is 6.40. The molecule has 1 aliphatic rings. The fourth-order valence-corrected chi connectivity index (χ4v) is 2.73. The van der Waals surface area contributed by atoms with E-state index < -0.39 is 0 Å².